The molecule has 2 fully saturated rings. The summed E-state index contributed by atoms with van der Waals surface area (Å²) < 4.78 is 0. The van der Waals surface area contributed by atoms with Crippen molar-refractivity contribution in [2.24, 2.45) is 5.92 Å². The van der Waals surface area contributed by atoms with E-state index in [0.29, 0.717) is 5.92 Å². The molecule has 15 heavy (non-hydrogen) atoms. The fourth-order valence-corrected chi connectivity index (χ4v) is 2.84. The molecule has 2 heterocycles. The van der Waals surface area contributed by atoms with E-state index >= 15 is 0 Å². The van der Waals surface area contributed by atoms with Gasteiger partial charge in [0.05, 0.1) is 0 Å². The van der Waals surface area contributed by atoms with Crippen LogP contribution < -0.4 is 10.6 Å². The smallest absolute Gasteiger partial charge is 0.323 e. The lowest BCUT2D eigenvalue weighted by atomic mass is 9.83. The molecule has 2 unspecified atom stereocenters. The fraction of sp³-hybridized carbons (Fsp3) is 0.909. The lowest BCUT2D eigenvalue weighted by molar-refractivity contribution is -0.145. The molecule has 0 aromatic heterocycles. The summed E-state index contributed by atoms with van der Waals surface area (Å²) in [5, 5.41) is 15.8. The zero-order valence-electron chi connectivity index (χ0n) is 9.09. The van der Waals surface area contributed by atoms with E-state index < -0.39 is 11.5 Å². The van der Waals surface area contributed by atoms with Crippen LogP contribution in [0.25, 0.3) is 0 Å². The maximum Gasteiger partial charge on any atom is 0.323 e. The van der Waals surface area contributed by atoms with Gasteiger partial charge in [-0.15, -0.1) is 0 Å². The molecule has 2 rings (SSSR count). The molecule has 0 aromatic carbocycles. The molecule has 0 aromatic rings. The molecule has 86 valence electrons. The van der Waals surface area contributed by atoms with Crippen molar-refractivity contribution in [2.75, 3.05) is 19.6 Å². The van der Waals surface area contributed by atoms with Crippen LogP contribution in [0.3, 0.4) is 0 Å². The van der Waals surface area contributed by atoms with Gasteiger partial charge >= 0.3 is 5.97 Å². The van der Waals surface area contributed by atoms with Crippen molar-refractivity contribution in [2.45, 2.75) is 37.6 Å². The van der Waals surface area contributed by atoms with Crippen LogP contribution in [0.1, 0.15) is 32.1 Å². The Bertz CT molecular complexity index is 231. The standard InChI is InChI=1S/C11H20N2O2/c14-10(15)11(4-2-6-13-11)7-9-3-1-5-12-8-9/h9,12-13H,1-8H2,(H,14,15). The van der Waals surface area contributed by atoms with Crippen LogP contribution >= 0.6 is 0 Å². The number of hydrogen-bond donors (Lipinski definition) is 3. The minimum Gasteiger partial charge on any atom is -0.480 e. The number of aliphatic carboxylic acids is 1. The molecule has 0 amide bonds. The molecule has 0 spiro atoms. The van der Waals surface area contributed by atoms with Crippen molar-refractivity contribution in [3.05, 3.63) is 0 Å². The number of carbonyl (C=O) groups is 1. The SMILES string of the molecule is O=C(O)C1(CC2CCCNC2)CCCN1. The second kappa shape index (κ2) is 4.49. The number of rotatable bonds is 3. The molecule has 0 bridgehead atoms. The molecule has 0 radical (unpaired) electrons. The molecule has 2 aliphatic rings. The summed E-state index contributed by atoms with van der Waals surface area (Å²) in [7, 11) is 0. The van der Waals surface area contributed by atoms with E-state index in [1.165, 1.54) is 12.8 Å². The number of piperidine rings is 1. The third kappa shape index (κ3) is 2.32. The van der Waals surface area contributed by atoms with Crippen LogP contribution in [0.2, 0.25) is 0 Å². The number of nitrogens with one attached hydrogen (secondary N) is 2. The first kappa shape index (κ1) is 10.9. The van der Waals surface area contributed by atoms with Gasteiger partial charge < -0.3 is 15.7 Å². The van der Waals surface area contributed by atoms with Crippen LogP contribution in [0.15, 0.2) is 0 Å². The van der Waals surface area contributed by atoms with E-state index in [1.807, 2.05) is 0 Å². The van der Waals surface area contributed by atoms with Crippen molar-refractivity contribution in [1.82, 2.24) is 10.6 Å². The minimum absolute atomic E-state index is 0.528. The van der Waals surface area contributed by atoms with Crippen molar-refractivity contribution in [1.29, 1.82) is 0 Å². The third-order valence-corrected chi connectivity index (χ3v) is 3.69. The quantitative estimate of drug-likeness (QED) is 0.640. The second-order valence-electron chi connectivity index (χ2n) is 4.83. The Labute approximate surface area is 90.4 Å². The van der Waals surface area contributed by atoms with Crippen molar-refractivity contribution < 1.29 is 9.90 Å². The first-order valence-corrected chi connectivity index (χ1v) is 5.92. The van der Waals surface area contributed by atoms with Crippen LogP contribution in [-0.4, -0.2) is 36.2 Å². The highest BCUT2D eigenvalue weighted by Crippen LogP contribution is 2.29. The van der Waals surface area contributed by atoms with Gasteiger partial charge in [0, 0.05) is 0 Å². The van der Waals surface area contributed by atoms with Crippen LogP contribution in [0, 0.1) is 5.92 Å². The number of hydrogen-bond acceptors (Lipinski definition) is 3. The summed E-state index contributed by atoms with van der Waals surface area (Å²) in [6.45, 7) is 2.92. The molecule has 4 heteroatoms. The van der Waals surface area contributed by atoms with Gasteiger partial charge in [0.15, 0.2) is 0 Å². The highest BCUT2D eigenvalue weighted by atomic mass is 16.4. The Morgan fingerprint density at radius 1 is 1.40 bits per heavy atom. The lowest BCUT2D eigenvalue weighted by Crippen LogP contribution is -2.50. The highest BCUT2D eigenvalue weighted by molar-refractivity contribution is 5.79. The molecule has 2 atom stereocenters. The normalized spacial score (nSPS) is 36.7. The Hall–Kier alpha value is -0.610. The lowest BCUT2D eigenvalue weighted by Gasteiger charge is -2.31. The van der Waals surface area contributed by atoms with Crippen LogP contribution in [0.5, 0.6) is 0 Å². The van der Waals surface area contributed by atoms with Gasteiger partial charge in [0.1, 0.15) is 5.54 Å². The summed E-state index contributed by atoms with van der Waals surface area (Å²) in [6.07, 6.45) is 4.92. The maximum absolute atomic E-state index is 11.3. The zero-order chi connectivity index (χ0) is 10.7. The van der Waals surface area contributed by atoms with Gasteiger partial charge in [0.25, 0.3) is 0 Å². The van der Waals surface area contributed by atoms with E-state index in [2.05, 4.69) is 10.6 Å². The van der Waals surface area contributed by atoms with E-state index in [0.717, 1.165) is 38.9 Å². The average molecular weight is 212 g/mol. The molecular formula is C11H20N2O2. The number of carboxylic acid groups (broad SMARTS) is 1. The molecule has 3 N–H and O–H groups in total. The van der Waals surface area contributed by atoms with Crippen molar-refractivity contribution >= 4 is 5.97 Å². The van der Waals surface area contributed by atoms with Gasteiger partial charge in [-0.2, -0.15) is 0 Å². The summed E-state index contributed by atoms with van der Waals surface area (Å²) >= 11 is 0. The van der Waals surface area contributed by atoms with Gasteiger partial charge in [0.2, 0.25) is 0 Å². The fourth-order valence-electron chi connectivity index (χ4n) is 2.84. The summed E-state index contributed by atoms with van der Waals surface area (Å²) in [5.74, 6) is -0.133. The molecule has 0 aliphatic carbocycles. The number of carboxylic acids is 1. The summed E-state index contributed by atoms with van der Waals surface area (Å²) in [5.41, 5.74) is -0.621. The highest BCUT2D eigenvalue weighted by Gasteiger charge is 2.42. The molecule has 4 nitrogen and oxygen atoms in total. The summed E-state index contributed by atoms with van der Waals surface area (Å²) in [4.78, 5) is 11.3. The van der Waals surface area contributed by atoms with Gasteiger partial charge in [-0.05, 0) is 57.7 Å². The molecule has 0 saturated carbocycles. The van der Waals surface area contributed by atoms with E-state index in [4.69, 9.17) is 0 Å². The average Bonchev–Trinajstić information content (AvgIpc) is 2.69. The predicted molar refractivity (Wildman–Crippen MR) is 57.8 cm³/mol. The minimum atomic E-state index is -0.662. The molecule has 2 aliphatic heterocycles. The Morgan fingerprint density at radius 3 is 2.80 bits per heavy atom. The molecular weight excluding hydrogens is 192 g/mol. The first-order chi connectivity index (χ1) is 7.23. The third-order valence-electron chi connectivity index (χ3n) is 3.69. The monoisotopic (exact) mass is 212 g/mol. The van der Waals surface area contributed by atoms with Crippen molar-refractivity contribution in [3.8, 4) is 0 Å². The summed E-state index contributed by atoms with van der Waals surface area (Å²) in [6, 6.07) is 0. The zero-order valence-corrected chi connectivity index (χ0v) is 9.09. The van der Waals surface area contributed by atoms with Gasteiger partial charge in [-0.1, -0.05) is 0 Å². The van der Waals surface area contributed by atoms with E-state index in [9.17, 15) is 9.90 Å². The largest absolute Gasteiger partial charge is 0.480 e. The Kier molecular flexibility index (Phi) is 3.26. The maximum atomic E-state index is 11.3. The van der Waals surface area contributed by atoms with Crippen LogP contribution in [0.4, 0.5) is 0 Å². The predicted octanol–water partition coefficient (Wildman–Crippen LogP) is 0.583. The molecule has 2 saturated heterocycles. The first-order valence-electron chi connectivity index (χ1n) is 5.92. The van der Waals surface area contributed by atoms with Crippen LogP contribution in [-0.2, 0) is 4.79 Å². The van der Waals surface area contributed by atoms with E-state index in [1.54, 1.807) is 0 Å². The Morgan fingerprint density at radius 2 is 2.27 bits per heavy atom. The Balaban J connectivity index is 1.96. The van der Waals surface area contributed by atoms with E-state index in [-0.39, 0.29) is 0 Å². The van der Waals surface area contributed by atoms with Gasteiger partial charge in [-0.3, -0.25) is 4.79 Å². The topological polar surface area (TPSA) is 61.4 Å². The second-order valence-corrected chi connectivity index (χ2v) is 4.83. The van der Waals surface area contributed by atoms with Gasteiger partial charge in [-0.25, -0.2) is 0 Å². The van der Waals surface area contributed by atoms with Crippen molar-refractivity contribution in [3.63, 3.8) is 0 Å².